The van der Waals surface area contributed by atoms with Gasteiger partial charge in [0.2, 0.25) is 0 Å². The van der Waals surface area contributed by atoms with Crippen LogP contribution in [0.25, 0.3) is 0 Å². The van der Waals surface area contributed by atoms with Crippen molar-refractivity contribution in [3.05, 3.63) is 58.1 Å². The van der Waals surface area contributed by atoms with Gasteiger partial charge in [-0.1, -0.05) is 6.07 Å². The van der Waals surface area contributed by atoms with Gasteiger partial charge in [0.05, 0.1) is 17.9 Å². The minimum Gasteiger partial charge on any atom is -0.377 e. The molecule has 1 aliphatic carbocycles. The van der Waals surface area contributed by atoms with Crippen LogP contribution in [0, 0.1) is 5.82 Å². The zero-order chi connectivity index (χ0) is 12.5. The first kappa shape index (κ1) is 11.7. The number of aromatic nitrogens is 1. The van der Waals surface area contributed by atoms with Crippen molar-refractivity contribution in [2.24, 2.45) is 0 Å². The number of anilines is 1. The molecule has 0 amide bonds. The van der Waals surface area contributed by atoms with Crippen molar-refractivity contribution < 1.29 is 4.39 Å². The van der Waals surface area contributed by atoms with E-state index in [0.717, 1.165) is 28.6 Å². The number of aryl methyl sites for hydroxylation is 1. The van der Waals surface area contributed by atoms with E-state index in [0.29, 0.717) is 0 Å². The van der Waals surface area contributed by atoms with Crippen LogP contribution in [0.2, 0.25) is 0 Å². The van der Waals surface area contributed by atoms with Crippen LogP contribution < -0.4 is 5.32 Å². The summed E-state index contributed by atoms with van der Waals surface area (Å²) in [5.41, 5.74) is 3.25. The molecule has 4 heteroatoms. The van der Waals surface area contributed by atoms with Gasteiger partial charge in [0, 0.05) is 10.7 Å². The summed E-state index contributed by atoms with van der Waals surface area (Å²) in [5, 5.41) is 3.41. The average Bonchev–Trinajstić information content (AvgIpc) is 2.72. The summed E-state index contributed by atoms with van der Waals surface area (Å²) in [5.74, 6) is -0.171. The van der Waals surface area contributed by atoms with Crippen molar-refractivity contribution in [2.45, 2.75) is 18.9 Å². The van der Waals surface area contributed by atoms with Crippen molar-refractivity contribution in [1.82, 2.24) is 4.98 Å². The summed E-state index contributed by atoms with van der Waals surface area (Å²) >= 11 is 3.39. The quantitative estimate of drug-likeness (QED) is 0.904. The molecule has 0 fully saturated rings. The van der Waals surface area contributed by atoms with E-state index < -0.39 is 0 Å². The number of hydrogen-bond donors (Lipinski definition) is 1. The van der Waals surface area contributed by atoms with Crippen molar-refractivity contribution in [3.8, 4) is 0 Å². The maximum atomic E-state index is 13.3. The molecular weight excluding hydrogens is 295 g/mol. The summed E-state index contributed by atoms with van der Waals surface area (Å²) < 4.78 is 14.2. The number of halogens is 2. The molecule has 2 nitrogen and oxygen atoms in total. The molecule has 0 radical (unpaired) electrons. The van der Waals surface area contributed by atoms with Crippen LogP contribution in [-0.2, 0) is 6.42 Å². The minimum absolute atomic E-state index is 0.171. The van der Waals surface area contributed by atoms with Crippen molar-refractivity contribution >= 4 is 21.6 Å². The Hall–Kier alpha value is -1.42. The van der Waals surface area contributed by atoms with E-state index in [4.69, 9.17) is 0 Å². The molecule has 1 N–H and O–H groups in total. The SMILES string of the molecule is Fc1ccc2c(c1)C(Nc1cncc(Br)c1)CC2. The first-order valence-electron chi connectivity index (χ1n) is 5.88. The minimum atomic E-state index is -0.171. The van der Waals surface area contributed by atoms with E-state index >= 15 is 0 Å². The standard InChI is InChI=1S/C14H12BrFN2/c15-10-5-12(8-17-7-10)18-14-4-2-9-1-3-11(16)6-13(9)14/h1,3,5-8,14,18H,2,4H2. The molecule has 1 aromatic carbocycles. The topological polar surface area (TPSA) is 24.9 Å². The number of nitrogens with zero attached hydrogens (tertiary/aromatic N) is 1. The Bertz CT molecular complexity index is 586. The predicted octanol–water partition coefficient (Wildman–Crippen LogP) is 4.08. The summed E-state index contributed by atoms with van der Waals surface area (Å²) in [6.45, 7) is 0. The van der Waals surface area contributed by atoms with E-state index in [1.54, 1.807) is 18.5 Å². The highest BCUT2D eigenvalue weighted by Gasteiger charge is 2.22. The van der Waals surface area contributed by atoms with Crippen LogP contribution in [0.3, 0.4) is 0 Å². The van der Waals surface area contributed by atoms with Crippen molar-refractivity contribution in [1.29, 1.82) is 0 Å². The molecule has 0 spiro atoms. The lowest BCUT2D eigenvalue weighted by Crippen LogP contribution is -2.07. The largest absolute Gasteiger partial charge is 0.377 e. The van der Waals surface area contributed by atoms with Crippen LogP contribution >= 0.6 is 15.9 Å². The predicted molar refractivity (Wildman–Crippen MR) is 73.0 cm³/mol. The number of hydrogen-bond acceptors (Lipinski definition) is 2. The van der Waals surface area contributed by atoms with Gasteiger partial charge in [0.1, 0.15) is 5.82 Å². The van der Waals surface area contributed by atoms with Crippen LogP contribution in [0.5, 0.6) is 0 Å². The van der Waals surface area contributed by atoms with Crippen molar-refractivity contribution in [2.75, 3.05) is 5.32 Å². The van der Waals surface area contributed by atoms with Gasteiger partial charge < -0.3 is 5.32 Å². The van der Waals surface area contributed by atoms with Gasteiger partial charge in [-0.05, 0) is 58.1 Å². The Morgan fingerprint density at radius 2 is 2.17 bits per heavy atom. The molecule has 18 heavy (non-hydrogen) atoms. The van der Waals surface area contributed by atoms with Crippen LogP contribution in [-0.4, -0.2) is 4.98 Å². The molecule has 92 valence electrons. The fraction of sp³-hybridized carbons (Fsp3) is 0.214. The van der Waals surface area contributed by atoms with E-state index in [1.807, 2.05) is 12.1 Å². The molecule has 3 rings (SSSR count). The van der Waals surface area contributed by atoms with Gasteiger partial charge in [-0.15, -0.1) is 0 Å². The average molecular weight is 307 g/mol. The Kier molecular flexibility index (Phi) is 3.04. The molecule has 1 heterocycles. The number of fused-ring (bicyclic) bond motifs is 1. The Morgan fingerprint density at radius 1 is 1.28 bits per heavy atom. The van der Waals surface area contributed by atoms with Gasteiger partial charge in [-0.2, -0.15) is 0 Å². The number of benzene rings is 1. The fourth-order valence-electron chi connectivity index (χ4n) is 2.42. The van der Waals surface area contributed by atoms with Gasteiger partial charge >= 0.3 is 0 Å². The second kappa shape index (κ2) is 4.69. The summed E-state index contributed by atoms with van der Waals surface area (Å²) in [7, 11) is 0. The molecule has 2 aromatic rings. The van der Waals surface area contributed by atoms with Gasteiger partial charge in [0.15, 0.2) is 0 Å². The lowest BCUT2D eigenvalue weighted by Gasteiger charge is -2.15. The fourth-order valence-corrected chi connectivity index (χ4v) is 2.78. The highest BCUT2D eigenvalue weighted by Crippen LogP contribution is 2.34. The van der Waals surface area contributed by atoms with Gasteiger partial charge in [-0.3, -0.25) is 4.98 Å². The van der Waals surface area contributed by atoms with E-state index in [2.05, 4.69) is 26.2 Å². The smallest absolute Gasteiger partial charge is 0.123 e. The molecule has 1 unspecified atom stereocenters. The zero-order valence-electron chi connectivity index (χ0n) is 9.66. The molecule has 1 aliphatic rings. The first-order chi connectivity index (χ1) is 8.72. The molecule has 0 bridgehead atoms. The summed E-state index contributed by atoms with van der Waals surface area (Å²) in [6.07, 6.45) is 5.51. The lowest BCUT2D eigenvalue weighted by molar-refractivity contribution is 0.624. The molecule has 0 saturated heterocycles. The highest BCUT2D eigenvalue weighted by molar-refractivity contribution is 9.10. The van der Waals surface area contributed by atoms with E-state index in [9.17, 15) is 4.39 Å². The number of rotatable bonds is 2. The van der Waals surface area contributed by atoms with Crippen molar-refractivity contribution in [3.63, 3.8) is 0 Å². The Labute approximate surface area is 113 Å². The molecule has 0 saturated carbocycles. The summed E-state index contributed by atoms with van der Waals surface area (Å²) in [4.78, 5) is 4.12. The van der Waals surface area contributed by atoms with Gasteiger partial charge in [0.25, 0.3) is 0 Å². The third-order valence-electron chi connectivity index (χ3n) is 3.23. The lowest BCUT2D eigenvalue weighted by atomic mass is 10.1. The maximum Gasteiger partial charge on any atom is 0.123 e. The molecule has 0 aliphatic heterocycles. The second-order valence-electron chi connectivity index (χ2n) is 4.47. The van der Waals surface area contributed by atoms with Gasteiger partial charge in [-0.25, -0.2) is 4.39 Å². The van der Waals surface area contributed by atoms with E-state index in [-0.39, 0.29) is 11.9 Å². The highest BCUT2D eigenvalue weighted by atomic mass is 79.9. The third-order valence-corrected chi connectivity index (χ3v) is 3.67. The Morgan fingerprint density at radius 3 is 3.00 bits per heavy atom. The summed E-state index contributed by atoms with van der Waals surface area (Å²) in [6, 6.07) is 7.19. The van der Waals surface area contributed by atoms with Crippen LogP contribution in [0.4, 0.5) is 10.1 Å². The van der Waals surface area contributed by atoms with E-state index in [1.165, 1.54) is 11.6 Å². The zero-order valence-corrected chi connectivity index (χ0v) is 11.2. The third kappa shape index (κ3) is 2.25. The monoisotopic (exact) mass is 306 g/mol. The molecule has 1 aromatic heterocycles. The first-order valence-corrected chi connectivity index (χ1v) is 6.67. The molecule has 1 atom stereocenters. The normalized spacial score (nSPS) is 17.6. The van der Waals surface area contributed by atoms with Crippen LogP contribution in [0.15, 0.2) is 41.1 Å². The number of pyridine rings is 1. The second-order valence-corrected chi connectivity index (χ2v) is 5.39. The molecular formula is C14H12BrFN2. The Balaban J connectivity index is 1.86. The maximum absolute atomic E-state index is 13.3. The van der Waals surface area contributed by atoms with Crippen LogP contribution in [0.1, 0.15) is 23.6 Å². The number of nitrogens with one attached hydrogen (secondary N) is 1.